The van der Waals surface area contributed by atoms with E-state index < -0.39 is 4.92 Å². The first-order valence-electron chi connectivity index (χ1n) is 8.26. The van der Waals surface area contributed by atoms with E-state index in [1.807, 2.05) is 0 Å². The number of hydrogen-bond acceptors (Lipinski definition) is 7. The molecule has 0 atom stereocenters. The summed E-state index contributed by atoms with van der Waals surface area (Å²) >= 11 is 3.15. The number of hydrogen-bond donors (Lipinski definition) is 1. The van der Waals surface area contributed by atoms with E-state index in [9.17, 15) is 14.9 Å². The lowest BCUT2D eigenvalue weighted by Gasteiger charge is -2.03. The van der Waals surface area contributed by atoms with Gasteiger partial charge in [0, 0.05) is 17.3 Å². The Morgan fingerprint density at radius 1 is 1.07 bits per heavy atom. The summed E-state index contributed by atoms with van der Waals surface area (Å²) in [4.78, 5) is 27.0. The molecule has 144 valence electrons. The third kappa shape index (κ3) is 3.92. The Kier molecular flexibility index (Phi) is 4.92. The number of para-hydroxylation sites is 1. The van der Waals surface area contributed by atoms with Crippen molar-refractivity contribution in [2.24, 2.45) is 0 Å². The second-order valence-electron chi connectivity index (χ2n) is 5.83. The molecule has 2 heterocycles. The summed E-state index contributed by atoms with van der Waals surface area (Å²) in [6.07, 6.45) is 0. The molecule has 10 heteroatoms. The van der Waals surface area contributed by atoms with E-state index in [1.54, 1.807) is 54.6 Å². The third-order valence-electron chi connectivity index (χ3n) is 3.96. The molecule has 0 aliphatic carbocycles. The number of carbonyl (C=O) groups excluding carboxylic acids is 1. The Morgan fingerprint density at radius 3 is 2.52 bits per heavy atom. The topological polar surface area (TPSA) is 124 Å². The molecule has 0 bridgehead atoms. The van der Waals surface area contributed by atoms with Crippen LogP contribution in [0.1, 0.15) is 10.6 Å². The van der Waals surface area contributed by atoms with Crippen LogP contribution in [0.25, 0.3) is 22.8 Å². The summed E-state index contributed by atoms with van der Waals surface area (Å²) < 4.78 is 10.9. The lowest BCUT2D eigenvalue weighted by Crippen LogP contribution is -2.10. The highest BCUT2D eigenvalue weighted by Gasteiger charge is 2.20. The molecule has 1 N–H and O–H groups in total. The molecule has 2 aromatic carbocycles. The van der Waals surface area contributed by atoms with E-state index in [2.05, 4.69) is 31.4 Å². The van der Waals surface area contributed by atoms with Crippen LogP contribution in [0.4, 0.5) is 11.4 Å². The zero-order valence-corrected chi connectivity index (χ0v) is 16.1. The molecule has 0 radical (unpaired) electrons. The maximum Gasteiger partial charge on any atom is 0.291 e. The van der Waals surface area contributed by atoms with Gasteiger partial charge in [-0.15, -0.1) is 0 Å². The van der Waals surface area contributed by atoms with Gasteiger partial charge < -0.3 is 14.3 Å². The normalized spacial score (nSPS) is 10.7. The van der Waals surface area contributed by atoms with Crippen molar-refractivity contribution in [2.45, 2.75) is 0 Å². The van der Waals surface area contributed by atoms with E-state index in [0.717, 1.165) is 0 Å². The molecule has 29 heavy (non-hydrogen) atoms. The molecule has 0 fully saturated rings. The fourth-order valence-electron chi connectivity index (χ4n) is 2.60. The summed E-state index contributed by atoms with van der Waals surface area (Å²) in [5.74, 6) is 0.106. The second-order valence-corrected chi connectivity index (χ2v) is 6.61. The van der Waals surface area contributed by atoms with Crippen LogP contribution in [0.15, 0.2) is 74.3 Å². The summed E-state index contributed by atoms with van der Waals surface area (Å²) in [5, 5.41) is 17.8. The average molecular weight is 455 g/mol. The van der Waals surface area contributed by atoms with Gasteiger partial charge in [0.2, 0.25) is 5.82 Å². The predicted molar refractivity (Wildman–Crippen MR) is 106 cm³/mol. The first-order valence-corrected chi connectivity index (χ1v) is 9.05. The Labute approximate surface area is 171 Å². The van der Waals surface area contributed by atoms with Crippen molar-refractivity contribution in [3.8, 4) is 22.8 Å². The number of aromatic nitrogens is 2. The molecule has 0 saturated carbocycles. The van der Waals surface area contributed by atoms with E-state index in [1.165, 1.54) is 6.07 Å². The Morgan fingerprint density at radius 2 is 1.83 bits per heavy atom. The van der Waals surface area contributed by atoms with Crippen LogP contribution in [-0.4, -0.2) is 21.0 Å². The molecule has 4 aromatic rings. The van der Waals surface area contributed by atoms with Crippen LogP contribution in [0, 0.1) is 10.1 Å². The highest BCUT2D eigenvalue weighted by molar-refractivity contribution is 9.10. The van der Waals surface area contributed by atoms with Gasteiger partial charge in [0.05, 0.1) is 4.92 Å². The summed E-state index contributed by atoms with van der Waals surface area (Å²) in [6, 6.07) is 16.0. The molecular weight excluding hydrogens is 444 g/mol. The maximum atomic E-state index is 12.1. The number of rotatable bonds is 5. The van der Waals surface area contributed by atoms with Crippen LogP contribution >= 0.6 is 15.9 Å². The molecule has 2 aromatic heterocycles. The van der Waals surface area contributed by atoms with Crippen LogP contribution < -0.4 is 5.32 Å². The molecule has 0 spiro atoms. The number of nitrogens with one attached hydrogen (secondary N) is 1. The molecule has 9 nitrogen and oxygen atoms in total. The number of carbonyl (C=O) groups is 1. The summed E-state index contributed by atoms with van der Waals surface area (Å²) in [6.45, 7) is 0. The number of benzene rings is 2. The largest absolute Gasteiger partial charge is 0.444 e. The van der Waals surface area contributed by atoms with Gasteiger partial charge in [-0.05, 0) is 58.4 Å². The Bertz CT molecular complexity index is 1200. The number of nitrogens with zero attached hydrogens (tertiary/aromatic N) is 3. The van der Waals surface area contributed by atoms with Gasteiger partial charge in [-0.1, -0.05) is 17.3 Å². The maximum absolute atomic E-state index is 12.1. The van der Waals surface area contributed by atoms with E-state index in [4.69, 9.17) is 8.94 Å². The van der Waals surface area contributed by atoms with Gasteiger partial charge in [0.1, 0.15) is 5.56 Å². The van der Waals surface area contributed by atoms with E-state index >= 15 is 0 Å². The van der Waals surface area contributed by atoms with Crippen molar-refractivity contribution in [1.29, 1.82) is 0 Å². The SMILES string of the molecule is O=C(Nc1ccc(-c2noc(-c3ccccc3[N+](=O)[O-])n2)cc1)c1ccc(Br)o1. The highest BCUT2D eigenvalue weighted by atomic mass is 79.9. The molecule has 0 aliphatic rings. The van der Waals surface area contributed by atoms with Crippen LogP contribution in [-0.2, 0) is 0 Å². The molecule has 4 rings (SSSR count). The second kappa shape index (κ2) is 7.68. The van der Waals surface area contributed by atoms with Crippen molar-refractivity contribution in [3.63, 3.8) is 0 Å². The number of furan rings is 1. The standard InChI is InChI=1S/C19H11BrN4O5/c20-16-10-9-15(28-16)18(25)21-12-7-5-11(6-8-12)17-22-19(29-23-17)13-3-1-2-4-14(13)24(26)27/h1-10H,(H,21,25). The fraction of sp³-hybridized carbons (Fsp3) is 0. The van der Waals surface area contributed by atoms with Crippen molar-refractivity contribution < 1.29 is 18.7 Å². The van der Waals surface area contributed by atoms with Gasteiger partial charge in [0.15, 0.2) is 10.4 Å². The van der Waals surface area contributed by atoms with Gasteiger partial charge >= 0.3 is 0 Å². The number of halogens is 1. The quantitative estimate of drug-likeness (QED) is 0.335. The van der Waals surface area contributed by atoms with Gasteiger partial charge in [-0.25, -0.2) is 0 Å². The van der Waals surface area contributed by atoms with Crippen LogP contribution in [0.5, 0.6) is 0 Å². The number of amides is 1. The smallest absolute Gasteiger partial charge is 0.291 e. The van der Waals surface area contributed by atoms with Gasteiger partial charge in [-0.2, -0.15) is 4.98 Å². The minimum absolute atomic E-state index is 0.0491. The minimum atomic E-state index is -0.506. The number of nitro groups is 1. The molecule has 0 unspecified atom stereocenters. The van der Waals surface area contributed by atoms with E-state index in [-0.39, 0.29) is 34.6 Å². The summed E-state index contributed by atoms with van der Waals surface area (Å²) in [7, 11) is 0. The molecule has 1 amide bonds. The van der Waals surface area contributed by atoms with E-state index in [0.29, 0.717) is 15.9 Å². The van der Waals surface area contributed by atoms with Gasteiger partial charge in [-0.3, -0.25) is 14.9 Å². The first kappa shape index (κ1) is 18.6. The molecular formula is C19H11BrN4O5. The minimum Gasteiger partial charge on any atom is -0.444 e. The third-order valence-corrected chi connectivity index (χ3v) is 4.38. The van der Waals surface area contributed by atoms with Gasteiger partial charge in [0.25, 0.3) is 17.5 Å². The van der Waals surface area contributed by atoms with Crippen molar-refractivity contribution in [2.75, 3.05) is 5.32 Å². The monoisotopic (exact) mass is 454 g/mol. The fourth-order valence-corrected chi connectivity index (χ4v) is 2.90. The van der Waals surface area contributed by atoms with Crippen molar-refractivity contribution >= 4 is 33.2 Å². The lowest BCUT2D eigenvalue weighted by atomic mass is 10.1. The van der Waals surface area contributed by atoms with Crippen LogP contribution in [0.2, 0.25) is 0 Å². The molecule has 0 saturated heterocycles. The lowest BCUT2D eigenvalue weighted by molar-refractivity contribution is -0.384. The zero-order valence-electron chi connectivity index (χ0n) is 14.5. The Hall–Kier alpha value is -3.79. The summed E-state index contributed by atoms with van der Waals surface area (Å²) in [5.41, 5.74) is 1.29. The predicted octanol–water partition coefficient (Wildman–Crippen LogP) is 4.92. The average Bonchev–Trinajstić information content (AvgIpc) is 3.38. The van der Waals surface area contributed by atoms with Crippen molar-refractivity contribution in [1.82, 2.24) is 10.1 Å². The Balaban J connectivity index is 1.53. The number of anilines is 1. The zero-order chi connectivity index (χ0) is 20.4. The number of nitro benzene ring substituents is 1. The van der Waals surface area contributed by atoms with Crippen molar-refractivity contribution in [3.05, 3.63) is 81.2 Å². The van der Waals surface area contributed by atoms with Crippen LogP contribution in [0.3, 0.4) is 0 Å². The first-order chi connectivity index (χ1) is 14.0. The molecule has 0 aliphatic heterocycles. The highest BCUT2D eigenvalue weighted by Crippen LogP contribution is 2.30.